The molecule has 3 heterocycles. The number of nitrogens with zero attached hydrogens (tertiary/aromatic N) is 5. The number of hydrogen-bond acceptors (Lipinski definition) is 5. The summed E-state index contributed by atoms with van der Waals surface area (Å²) in [5.41, 5.74) is 3.30. The van der Waals surface area contributed by atoms with Gasteiger partial charge >= 0.3 is 0 Å². The lowest BCUT2D eigenvalue weighted by molar-refractivity contribution is -0.120. The van der Waals surface area contributed by atoms with Gasteiger partial charge in [0.25, 0.3) is 0 Å². The van der Waals surface area contributed by atoms with Crippen molar-refractivity contribution in [2.75, 3.05) is 35.2 Å². The molecule has 33 heavy (non-hydrogen) atoms. The molecular formula is C23H29N5O4S. The van der Waals surface area contributed by atoms with Crippen molar-refractivity contribution in [2.24, 2.45) is 5.92 Å². The first-order chi connectivity index (χ1) is 15.7. The van der Waals surface area contributed by atoms with E-state index in [1.807, 2.05) is 36.2 Å². The molecule has 5 rings (SSSR count). The van der Waals surface area contributed by atoms with Gasteiger partial charge in [0.1, 0.15) is 0 Å². The average molecular weight is 472 g/mol. The van der Waals surface area contributed by atoms with Crippen LogP contribution in [0.25, 0.3) is 11.1 Å². The lowest BCUT2D eigenvalue weighted by atomic mass is 10.0. The Balaban J connectivity index is 1.41. The molecule has 2 amide bonds. The maximum atomic E-state index is 13.0. The van der Waals surface area contributed by atoms with E-state index in [0.717, 1.165) is 35.3 Å². The van der Waals surface area contributed by atoms with E-state index >= 15 is 0 Å². The van der Waals surface area contributed by atoms with Gasteiger partial charge in [-0.1, -0.05) is 6.07 Å². The molecule has 1 saturated heterocycles. The maximum Gasteiger partial charge on any atom is 0.230 e. The van der Waals surface area contributed by atoms with Gasteiger partial charge in [-0.05, 0) is 43.9 Å². The summed E-state index contributed by atoms with van der Waals surface area (Å²) in [4.78, 5) is 29.0. The fourth-order valence-corrected chi connectivity index (χ4v) is 6.35. The SMILES string of the molecule is CC(=O)N1c2ccc(-c3cnn(CCN4CCCS4(=O)=O)c3)cc2N(C(=O)C2CC2)C[C@@H]1C. The highest BCUT2D eigenvalue weighted by Gasteiger charge is 2.39. The van der Waals surface area contributed by atoms with Crippen LogP contribution in [0.15, 0.2) is 30.6 Å². The first-order valence-electron chi connectivity index (χ1n) is 11.5. The van der Waals surface area contributed by atoms with Crippen molar-refractivity contribution >= 4 is 33.2 Å². The van der Waals surface area contributed by atoms with Crippen LogP contribution in [-0.2, 0) is 26.2 Å². The van der Waals surface area contributed by atoms with Crippen LogP contribution >= 0.6 is 0 Å². The fraction of sp³-hybridized carbons (Fsp3) is 0.522. The molecule has 0 radical (unpaired) electrons. The van der Waals surface area contributed by atoms with Crippen molar-refractivity contribution in [3.05, 3.63) is 30.6 Å². The standard InChI is InChI=1S/C23H29N5O4S/c1-16-14-27(23(30)18-4-5-18)22-12-19(6-7-21(22)28(16)17(2)29)20-13-24-25(15-20)9-10-26-8-3-11-33(26,31)32/h6-7,12-13,15-16,18H,3-5,8-11,14H2,1-2H3/t16-/m0/s1. The van der Waals surface area contributed by atoms with Crippen LogP contribution in [0.3, 0.4) is 0 Å². The summed E-state index contributed by atoms with van der Waals surface area (Å²) in [7, 11) is -3.12. The van der Waals surface area contributed by atoms with Gasteiger partial charge in [0.05, 0.1) is 35.9 Å². The van der Waals surface area contributed by atoms with Crippen LogP contribution in [0.1, 0.15) is 33.1 Å². The Bertz CT molecular complexity index is 1200. The zero-order valence-corrected chi connectivity index (χ0v) is 19.8. The van der Waals surface area contributed by atoms with E-state index in [2.05, 4.69) is 5.10 Å². The number of amides is 2. The number of anilines is 2. The molecule has 0 N–H and O–H groups in total. The Morgan fingerprint density at radius 2 is 1.91 bits per heavy atom. The van der Waals surface area contributed by atoms with E-state index in [9.17, 15) is 18.0 Å². The number of benzene rings is 1. The summed E-state index contributed by atoms with van der Waals surface area (Å²) < 4.78 is 27.3. The molecule has 1 aliphatic carbocycles. The van der Waals surface area contributed by atoms with Gasteiger partial charge in [0, 0.05) is 44.2 Å². The van der Waals surface area contributed by atoms with Gasteiger partial charge in [0.15, 0.2) is 0 Å². The van der Waals surface area contributed by atoms with Crippen molar-refractivity contribution in [1.82, 2.24) is 14.1 Å². The molecule has 1 saturated carbocycles. The third-order valence-electron chi connectivity index (χ3n) is 6.69. The molecule has 0 bridgehead atoms. The Hall–Kier alpha value is -2.72. The number of carbonyl (C=O) groups is 2. The summed E-state index contributed by atoms with van der Waals surface area (Å²) >= 11 is 0. The van der Waals surface area contributed by atoms with E-state index in [4.69, 9.17) is 0 Å². The first-order valence-corrected chi connectivity index (χ1v) is 13.1. The minimum Gasteiger partial charge on any atom is -0.308 e. The van der Waals surface area contributed by atoms with E-state index in [0.29, 0.717) is 32.6 Å². The average Bonchev–Trinajstić information content (AvgIpc) is 3.42. The summed E-state index contributed by atoms with van der Waals surface area (Å²) in [6.45, 7) is 5.45. The molecule has 3 aliphatic rings. The van der Waals surface area contributed by atoms with Crippen molar-refractivity contribution in [3.63, 3.8) is 0 Å². The second-order valence-corrected chi connectivity index (χ2v) is 11.3. The summed E-state index contributed by atoms with van der Waals surface area (Å²) in [5, 5.41) is 4.41. The Labute approximate surface area is 194 Å². The second-order valence-electron chi connectivity index (χ2n) is 9.23. The molecule has 176 valence electrons. The molecule has 1 aromatic heterocycles. The highest BCUT2D eigenvalue weighted by molar-refractivity contribution is 7.89. The molecule has 1 aromatic carbocycles. The van der Waals surface area contributed by atoms with Gasteiger partial charge in [-0.25, -0.2) is 12.7 Å². The lowest BCUT2D eigenvalue weighted by Crippen LogP contribution is -2.51. The maximum absolute atomic E-state index is 13.0. The molecular weight excluding hydrogens is 442 g/mol. The predicted octanol–water partition coefficient (Wildman–Crippen LogP) is 2.08. The molecule has 1 atom stereocenters. The van der Waals surface area contributed by atoms with E-state index in [-0.39, 0.29) is 29.5 Å². The Morgan fingerprint density at radius 1 is 1.12 bits per heavy atom. The summed E-state index contributed by atoms with van der Waals surface area (Å²) in [6.07, 6.45) is 6.17. The Morgan fingerprint density at radius 3 is 2.58 bits per heavy atom. The largest absolute Gasteiger partial charge is 0.308 e. The van der Waals surface area contributed by atoms with Gasteiger partial charge in [-0.3, -0.25) is 14.3 Å². The van der Waals surface area contributed by atoms with Crippen molar-refractivity contribution in [1.29, 1.82) is 0 Å². The van der Waals surface area contributed by atoms with Gasteiger partial charge in [-0.2, -0.15) is 5.10 Å². The van der Waals surface area contributed by atoms with E-state index in [1.165, 1.54) is 4.31 Å². The zero-order chi connectivity index (χ0) is 23.3. The molecule has 2 fully saturated rings. The zero-order valence-electron chi connectivity index (χ0n) is 19.0. The highest BCUT2D eigenvalue weighted by Crippen LogP contribution is 2.42. The predicted molar refractivity (Wildman–Crippen MR) is 125 cm³/mol. The topological polar surface area (TPSA) is 95.8 Å². The lowest BCUT2D eigenvalue weighted by Gasteiger charge is -2.41. The number of carbonyl (C=O) groups excluding carboxylic acids is 2. The highest BCUT2D eigenvalue weighted by atomic mass is 32.2. The minimum absolute atomic E-state index is 0.0419. The minimum atomic E-state index is -3.12. The van der Waals surface area contributed by atoms with E-state index < -0.39 is 10.0 Å². The smallest absolute Gasteiger partial charge is 0.230 e. The van der Waals surface area contributed by atoms with Crippen molar-refractivity contribution < 1.29 is 18.0 Å². The third-order valence-corrected chi connectivity index (χ3v) is 8.65. The first kappa shape index (κ1) is 22.1. The van der Waals surface area contributed by atoms with Crippen LogP contribution in [0.5, 0.6) is 0 Å². The number of sulfonamides is 1. The van der Waals surface area contributed by atoms with Crippen LogP contribution in [-0.4, -0.2) is 65.7 Å². The van der Waals surface area contributed by atoms with Crippen molar-refractivity contribution in [3.8, 4) is 11.1 Å². The molecule has 9 nitrogen and oxygen atoms in total. The van der Waals surface area contributed by atoms with Gasteiger partial charge < -0.3 is 9.80 Å². The number of fused-ring (bicyclic) bond motifs is 1. The fourth-order valence-electron chi connectivity index (χ4n) is 4.84. The number of aromatic nitrogens is 2. The van der Waals surface area contributed by atoms with Crippen LogP contribution in [0, 0.1) is 5.92 Å². The van der Waals surface area contributed by atoms with Gasteiger partial charge in [0.2, 0.25) is 21.8 Å². The number of rotatable bonds is 5. The third kappa shape index (κ3) is 4.17. The van der Waals surface area contributed by atoms with Gasteiger partial charge in [-0.15, -0.1) is 0 Å². The number of hydrogen-bond donors (Lipinski definition) is 0. The van der Waals surface area contributed by atoms with E-state index in [1.54, 1.807) is 22.7 Å². The summed E-state index contributed by atoms with van der Waals surface area (Å²) in [6, 6.07) is 5.72. The molecule has 2 aromatic rings. The van der Waals surface area contributed by atoms with Crippen LogP contribution < -0.4 is 9.80 Å². The summed E-state index contributed by atoms with van der Waals surface area (Å²) in [5.74, 6) is 0.395. The normalized spacial score (nSPS) is 22.4. The van der Waals surface area contributed by atoms with Crippen LogP contribution in [0.4, 0.5) is 11.4 Å². The molecule has 10 heteroatoms. The quantitative estimate of drug-likeness (QED) is 0.665. The second kappa shape index (κ2) is 8.25. The van der Waals surface area contributed by atoms with Crippen molar-refractivity contribution in [2.45, 2.75) is 45.7 Å². The molecule has 2 aliphatic heterocycles. The Kier molecular flexibility index (Phi) is 5.52. The van der Waals surface area contributed by atoms with Crippen LogP contribution in [0.2, 0.25) is 0 Å². The molecule has 0 spiro atoms. The monoisotopic (exact) mass is 471 g/mol. The molecule has 0 unspecified atom stereocenters.